The van der Waals surface area contributed by atoms with Crippen LogP contribution in [0.5, 0.6) is 5.75 Å². The number of fused-ring (bicyclic) bond motifs is 1. The molecule has 0 saturated heterocycles. The first kappa shape index (κ1) is 8.17. The molecule has 0 aliphatic carbocycles. The smallest absolute Gasteiger partial charge is 0.125 e. The van der Waals surface area contributed by atoms with Crippen LogP contribution in [0.4, 0.5) is 0 Å². The third-order valence-corrected chi connectivity index (χ3v) is 2.45. The third-order valence-electron chi connectivity index (χ3n) is 2.45. The average Bonchev–Trinajstić information content (AvgIpc) is 2.53. The zero-order valence-corrected chi connectivity index (χ0v) is 8.14. The van der Waals surface area contributed by atoms with E-state index in [2.05, 4.69) is 31.0 Å². The van der Waals surface area contributed by atoms with Crippen molar-refractivity contribution >= 4 is 10.9 Å². The van der Waals surface area contributed by atoms with E-state index in [1.54, 1.807) is 7.11 Å². The van der Waals surface area contributed by atoms with Crippen LogP contribution < -0.4 is 4.74 Å². The van der Waals surface area contributed by atoms with E-state index in [-0.39, 0.29) is 0 Å². The molecule has 0 spiro atoms. The van der Waals surface area contributed by atoms with Crippen molar-refractivity contribution in [1.29, 1.82) is 0 Å². The maximum absolute atomic E-state index is 5.34. The van der Waals surface area contributed by atoms with Crippen LogP contribution in [0.3, 0.4) is 0 Å². The van der Waals surface area contributed by atoms with E-state index in [0.717, 1.165) is 5.75 Å². The van der Waals surface area contributed by atoms with Gasteiger partial charge in [-0.2, -0.15) is 0 Å². The summed E-state index contributed by atoms with van der Waals surface area (Å²) in [6, 6.07) is 4.19. The van der Waals surface area contributed by atoms with Gasteiger partial charge in [0.25, 0.3) is 0 Å². The molecule has 0 saturated carbocycles. The highest BCUT2D eigenvalue weighted by Crippen LogP contribution is 2.29. The molecule has 1 heterocycles. The molecule has 0 fully saturated rings. The topological polar surface area (TPSA) is 25.0 Å². The summed E-state index contributed by atoms with van der Waals surface area (Å²) < 4.78 is 5.34. The summed E-state index contributed by atoms with van der Waals surface area (Å²) in [6.45, 7) is 4.15. The van der Waals surface area contributed by atoms with E-state index in [4.69, 9.17) is 4.74 Å². The summed E-state index contributed by atoms with van der Waals surface area (Å²) in [7, 11) is 1.72. The van der Waals surface area contributed by atoms with Gasteiger partial charge in [-0.25, -0.2) is 0 Å². The molecule has 1 aromatic heterocycles. The third kappa shape index (κ3) is 1.10. The summed E-state index contributed by atoms with van der Waals surface area (Å²) in [5.41, 5.74) is 3.56. The molecule has 0 aliphatic rings. The Kier molecular flexibility index (Phi) is 1.76. The Bertz CT molecular complexity index is 443. The highest BCUT2D eigenvalue weighted by atomic mass is 16.5. The Balaban J connectivity index is 2.85. The lowest BCUT2D eigenvalue weighted by Crippen LogP contribution is -1.91. The standard InChI is InChI=1S/C11H13NO/c1-7-6-10-9(4-5-12-10)8(2)11(7)13-3/h4-6,12H,1-3H3. The van der Waals surface area contributed by atoms with Crippen molar-refractivity contribution in [2.45, 2.75) is 13.8 Å². The summed E-state index contributed by atoms with van der Waals surface area (Å²) in [4.78, 5) is 3.20. The molecule has 0 bridgehead atoms. The fourth-order valence-electron chi connectivity index (χ4n) is 1.84. The fourth-order valence-corrected chi connectivity index (χ4v) is 1.84. The van der Waals surface area contributed by atoms with Gasteiger partial charge >= 0.3 is 0 Å². The molecule has 0 aliphatic heterocycles. The summed E-state index contributed by atoms with van der Waals surface area (Å²) >= 11 is 0. The zero-order chi connectivity index (χ0) is 9.42. The van der Waals surface area contributed by atoms with Crippen molar-refractivity contribution in [1.82, 2.24) is 4.98 Å². The molecule has 2 rings (SSSR count). The van der Waals surface area contributed by atoms with Crippen molar-refractivity contribution in [3.63, 3.8) is 0 Å². The van der Waals surface area contributed by atoms with E-state index in [1.165, 1.54) is 22.0 Å². The van der Waals surface area contributed by atoms with Crippen LogP contribution in [-0.2, 0) is 0 Å². The van der Waals surface area contributed by atoms with Crippen LogP contribution in [0.2, 0.25) is 0 Å². The Labute approximate surface area is 77.5 Å². The van der Waals surface area contributed by atoms with Crippen molar-refractivity contribution < 1.29 is 4.74 Å². The van der Waals surface area contributed by atoms with Gasteiger partial charge in [-0.05, 0) is 31.5 Å². The number of hydrogen-bond donors (Lipinski definition) is 1. The van der Waals surface area contributed by atoms with Crippen molar-refractivity contribution in [3.05, 3.63) is 29.5 Å². The second-order valence-electron chi connectivity index (χ2n) is 3.29. The van der Waals surface area contributed by atoms with E-state index in [1.807, 2.05) is 6.20 Å². The van der Waals surface area contributed by atoms with E-state index >= 15 is 0 Å². The van der Waals surface area contributed by atoms with Gasteiger partial charge in [0.2, 0.25) is 0 Å². The van der Waals surface area contributed by atoms with Gasteiger partial charge in [-0.15, -0.1) is 0 Å². The number of aromatic nitrogens is 1. The molecule has 13 heavy (non-hydrogen) atoms. The summed E-state index contributed by atoms with van der Waals surface area (Å²) in [5, 5.41) is 1.24. The van der Waals surface area contributed by atoms with Crippen LogP contribution in [0.15, 0.2) is 18.3 Å². The lowest BCUT2D eigenvalue weighted by molar-refractivity contribution is 0.409. The van der Waals surface area contributed by atoms with Gasteiger partial charge in [-0.1, -0.05) is 0 Å². The number of ether oxygens (including phenoxy) is 1. The van der Waals surface area contributed by atoms with Crippen LogP contribution in [0.1, 0.15) is 11.1 Å². The van der Waals surface area contributed by atoms with E-state index in [0.29, 0.717) is 0 Å². The second kappa shape index (κ2) is 2.80. The maximum Gasteiger partial charge on any atom is 0.125 e. The molecule has 2 aromatic rings. The predicted octanol–water partition coefficient (Wildman–Crippen LogP) is 2.79. The number of H-pyrrole nitrogens is 1. The van der Waals surface area contributed by atoms with Gasteiger partial charge in [0.05, 0.1) is 7.11 Å². The Morgan fingerprint density at radius 1 is 1.31 bits per heavy atom. The molecule has 1 aromatic carbocycles. The number of methoxy groups -OCH3 is 1. The summed E-state index contributed by atoms with van der Waals surface area (Å²) in [6.07, 6.45) is 1.95. The first-order valence-corrected chi connectivity index (χ1v) is 4.35. The number of hydrogen-bond acceptors (Lipinski definition) is 1. The van der Waals surface area contributed by atoms with Crippen LogP contribution in [-0.4, -0.2) is 12.1 Å². The first-order valence-electron chi connectivity index (χ1n) is 4.35. The maximum atomic E-state index is 5.34. The molecule has 2 nitrogen and oxygen atoms in total. The number of aromatic amines is 1. The van der Waals surface area contributed by atoms with Crippen molar-refractivity contribution in [2.24, 2.45) is 0 Å². The van der Waals surface area contributed by atoms with Crippen LogP contribution in [0.25, 0.3) is 10.9 Å². The minimum atomic E-state index is 0.993. The number of benzene rings is 1. The Hall–Kier alpha value is -1.44. The highest BCUT2D eigenvalue weighted by Gasteiger charge is 2.07. The lowest BCUT2D eigenvalue weighted by atomic mass is 10.1. The van der Waals surface area contributed by atoms with Gasteiger partial charge in [0.15, 0.2) is 0 Å². The largest absolute Gasteiger partial charge is 0.496 e. The van der Waals surface area contributed by atoms with Crippen molar-refractivity contribution in [3.8, 4) is 5.75 Å². The van der Waals surface area contributed by atoms with E-state index < -0.39 is 0 Å². The monoisotopic (exact) mass is 175 g/mol. The van der Waals surface area contributed by atoms with Gasteiger partial charge in [-0.3, -0.25) is 0 Å². The Morgan fingerprint density at radius 2 is 2.08 bits per heavy atom. The van der Waals surface area contributed by atoms with Gasteiger partial charge < -0.3 is 9.72 Å². The molecule has 0 atom stereocenters. The van der Waals surface area contributed by atoms with Crippen LogP contribution >= 0.6 is 0 Å². The first-order chi connectivity index (χ1) is 6.24. The fraction of sp³-hybridized carbons (Fsp3) is 0.273. The molecule has 2 heteroatoms. The molecule has 1 N–H and O–H groups in total. The van der Waals surface area contributed by atoms with Gasteiger partial charge in [0, 0.05) is 22.7 Å². The molecule has 0 unspecified atom stereocenters. The van der Waals surface area contributed by atoms with Crippen LogP contribution in [0, 0.1) is 13.8 Å². The quantitative estimate of drug-likeness (QED) is 0.708. The Morgan fingerprint density at radius 3 is 2.77 bits per heavy atom. The molecule has 0 amide bonds. The minimum Gasteiger partial charge on any atom is -0.496 e. The molecule has 68 valence electrons. The number of aryl methyl sites for hydroxylation is 2. The summed E-state index contributed by atoms with van der Waals surface area (Å²) in [5.74, 6) is 0.993. The second-order valence-corrected chi connectivity index (χ2v) is 3.29. The number of rotatable bonds is 1. The molecular formula is C11H13NO. The lowest BCUT2D eigenvalue weighted by Gasteiger charge is -2.08. The minimum absolute atomic E-state index is 0.993. The number of nitrogens with one attached hydrogen (secondary N) is 1. The average molecular weight is 175 g/mol. The predicted molar refractivity (Wildman–Crippen MR) is 54.3 cm³/mol. The van der Waals surface area contributed by atoms with E-state index in [9.17, 15) is 0 Å². The SMILES string of the molecule is COc1c(C)cc2[nH]ccc2c1C. The normalized spacial score (nSPS) is 10.7. The molecule has 0 radical (unpaired) electrons. The molecular weight excluding hydrogens is 162 g/mol. The van der Waals surface area contributed by atoms with Crippen molar-refractivity contribution in [2.75, 3.05) is 7.11 Å². The van der Waals surface area contributed by atoms with Gasteiger partial charge in [0.1, 0.15) is 5.75 Å². The zero-order valence-electron chi connectivity index (χ0n) is 8.14. The highest BCUT2D eigenvalue weighted by molar-refractivity contribution is 5.86.